The standard InChI is InChI=1S/C31H35N5/c32-28-17-26(29-30(33-28)35-36-34-29)25(22-8-3-1-4-9-22)12-7-13-27-23-15-20-14-21(16-23)19-31(27,18-20)24-10-5-2-6-11-24/h1-6,8-11,17,20-21,23,25,27H,7,12-16,18-19H2,(H3,32,33,34,35,36). The lowest BCUT2D eigenvalue weighted by atomic mass is 9.43. The number of hydrogen-bond acceptors (Lipinski definition) is 4. The van der Waals surface area contributed by atoms with Gasteiger partial charge in [-0.15, -0.1) is 5.10 Å². The zero-order chi connectivity index (χ0) is 24.1. The van der Waals surface area contributed by atoms with Gasteiger partial charge in [0.1, 0.15) is 11.3 Å². The van der Waals surface area contributed by atoms with E-state index in [1.54, 1.807) is 5.56 Å². The summed E-state index contributed by atoms with van der Waals surface area (Å²) in [6, 6.07) is 24.4. The van der Waals surface area contributed by atoms with Gasteiger partial charge >= 0.3 is 0 Å². The number of nitrogens with two attached hydrogens (primary N) is 1. The molecule has 2 heterocycles. The van der Waals surface area contributed by atoms with E-state index < -0.39 is 0 Å². The SMILES string of the molecule is Nc1cc(C(CCCC2C3CC4CC(C3)CC2(c2ccccc2)C4)c2ccccc2)c2n[nH]nc2n1. The maximum atomic E-state index is 6.21. The van der Waals surface area contributed by atoms with E-state index in [0.717, 1.165) is 41.2 Å². The summed E-state index contributed by atoms with van der Waals surface area (Å²) in [5.74, 6) is 4.31. The minimum Gasteiger partial charge on any atom is -0.384 e. The summed E-state index contributed by atoms with van der Waals surface area (Å²) in [5, 5.41) is 11.5. The number of benzene rings is 2. The maximum absolute atomic E-state index is 6.21. The second-order valence-corrected chi connectivity index (χ2v) is 11.8. The predicted molar refractivity (Wildman–Crippen MR) is 143 cm³/mol. The van der Waals surface area contributed by atoms with E-state index >= 15 is 0 Å². The maximum Gasteiger partial charge on any atom is 0.203 e. The molecule has 0 saturated heterocycles. The van der Waals surface area contributed by atoms with E-state index in [0.29, 0.717) is 16.9 Å². The minimum atomic E-state index is 0.230. The average molecular weight is 478 g/mol. The van der Waals surface area contributed by atoms with Gasteiger partial charge in [0.2, 0.25) is 5.65 Å². The van der Waals surface area contributed by atoms with Crippen molar-refractivity contribution < 1.29 is 0 Å². The van der Waals surface area contributed by atoms with E-state index in [1.165, 1.54) is 50.5 Å². The number of hydrogen-bond donors (Lipinski definition) is 2. The monoisotopic (exact) mass is 477 g/mol. The van der Waals surface area contributed by atoms with Crippen LogP contribution in [0.4, 0.5) is 5.82 Å². The molecule has 0 spiro atoms. The molecule has 0 radical (unpaired) electrons. The summed E-state index contributed by atoms with van der Waals surface area (Å²) >= 11 is 0. The molecule has 184 valence electrons. The molecular weight excluding hydrogens is 442 g/mol. The molecule has 4 aromatic rings. The molecule has 5 heteroatoms. The molecule has 4 unspecified atom stereocenters. The summed E-state index contributed by atoms with van der Waals surface area (Å²) in [4.78, 5) is 4.39. The zero-order valence-corrected chi connectivity index (χ0v) is 20.8. The fourth-order valence-corrected chi connectivity index (χ4v) is 8.75. The highest BCUT2D eigenvalue weighted by atomic mass is 15.3. The number of anilines is 1. The Hall–Kier alpha value is -3.21. The van der Waals surface area contributed by atoms with Crippen LogP contribution < -0.4 is 5.73 Å². The van der Waals surface area contributed by atoms with Crippen molar-refractivity contribution in [2.45, 2.75) is 62.7 Å². The number of pyridine rings is 1. The molecule has 0 amide bonds. The molecule has 4 aliphatic carbocycles. The van der Waals surface area contributed by atoms with Crippen molar-refractivity contribution in [3.05, 3.63) is 83.4 Å². The van der Waals surface area contributed by atoms with Crippen LogP contribution in [0.15, 0.2) is 66.7 Å². The third kappa shape index (κ3) is 3.63. The molecule has 4 aliphatic rings. The Balaban J connectivity index is 1.19. The van der Waals surface area contributed by atoms with Crippen molar-refractivity contribution in [2.75, 3.05) is 5.73 Å². The van der Waals surface area contributed by atoms with E-state index in [-0.39, 0.29) is 5.92 Å². The van der Waals surface area contributed by atoms with Gasteiger partial charge in [-0.1, -0.05) is 67.1 Å². The number of nitrogens with one attached hydrogen (secondary N) is 1. The van der Waals surface area contributed by atoms with Gasteiger partial charge in [-0.3, -0.25) is 0 Å². The lowest BCUT2D eigenvalue weighted by molar-refractivity contribution is -0.0655. The molecule has 36 heavy (non-hydrogen) atoms. The normalized spacial score (nSPS) is 29.6. The van der Waals surface area contributed by atoms with E-state index in [4.69, 9.17) is 5.73 Å². The molecule has 4 fully saturated rings. The van der Waals surface area contributed by atoms with Crippen molar-refractivity contribution >= 4 is 17.0 Å². The Bertz CT molecular complexity index is 1330. The molecule has 4 atom stereocenters. The van der Waals surface area contributed by atoms with Crippen molar-refractivity contribution in [1.82, 2.24) is 20.4 Å². The van der Waals surface area contributed by atoms with Crippen LogP contribution in [-0.4, -0.2) is 20.4 Å². The largest absolute Gasteiger partial charge is 0.384 e. The summed E-state index contributed by atoms with van der Waals surface area (Å²) in [6.45, 7) is 0. The number of fused-ring (bicyclic) bond motifs is 1. The summed E-state index contributed by atoms with van der Waals surface area (Å²) in [5.41, 5.74) is 12.1. The van der Waals surface area contributed by atoms with Crippen LogP contribution in [-0.2, 0) is 5.41 Å². The van der Waals surface area contributed by atoms with Gasteiger partial charge in [0.15, 0.2) is 0 Å². The average Bonchev–Trinajstić information content (AvgIpc) is 3.37. The number of rotatable bonds is 7. The van der Waals surface area contributed by atoms with Crippen LogP contribution in [0.1, 0.15) is 74.0 Å². The van der Waals surface area contributed by atoms with Gasteiger partial charge in [-0.2, -0.15) is 10.3 Å². The van der Waals surface area contributed by atoms with Crippen LogP contribution in [0.5, 0.6) is 0 Å². The van der Waals surface area contributed by atoms with E-state index in [1.807, 2.05) is 6.07 Å². The van der Waals surface area contributed by atoms with Gasteiger partial charge < -0.3 is 5.73 Å². The van der Waals surface area contributed by atoms with Crippen molar-refractivity contribution in [3.8, 4) is 0 Å². The predicted octanol–water partition coefficient (Wildman–Crippen LogP) is 6.63. The lowest BCUT2D eigenvalue weighted by Gasteiger charge is -2.62. The smallest absolute Gasteiger partial charge is 0.203 e. The van der Waals surface area contributed by atoms with Crippen LogP contribution in [0.2, 0.25) is 0 Å². The van der Waals surface area contributed by atoms with Crippen molar-refractivity contribution in [3.63, 3.8) is 0 Å². The number of nitrogen functional groups attached to an aromatic ring is 1. The summed E-state index contributed by atoms with van der Waals surface area (Å²) in [6.07, 6.45) is 10.8. The fourth-order valence-electron chi connectivity index (χ4n) is 8.75. The van der Waals surface area contributed by atoms with Crippen molar-refractivity contribution in [1.29, 1.82) is 0 Å². The first kappa shape index (κ1) is 22.0. The van der Waals surface area contributed by atoms with Gasteiger partial charge in [0, 0.05) is 5.92 Å². The molecular formula is C31H35N5. The minimum absolute atomic E-state index is 0.230. The van der Waals surface area contributed by atoms with Crippen LogP contribution >= 0.6 is 0 Å². The van der Waals surface area contributed by atoms with Crippen LogP contribution in [0.3, 0.4) is 0 Å². The van der Waals surface area contributed by atoms with Crippen LogP contribution in [0, 0.1) is 23.7 Å². The fraction of sp³-hybridized carbons (Fsp3) is 0.452. The van der Waals surface area contributed by atoms with E-state index in [9.17, 15) is 0 Å². The number of aromatic amines is 1. The number of H-pyrrole nitrogens is 1. The molecule has 4 bridgehead atoms. The van der Waals surface area contributed by atoms with Gasteiger partial charge in [0.25, 0.3) is 0 Å². The second-order valence-electron chi connectivity index (χ2n) is 11.8. The van der Waals surface area contributed by atoms with Crippen LogP contribution in [0.25, 0.3) is 11.2 Å². The quantitative estimate of drug-likeness (QED) is 0.313. The Kier molecular flexibility index (Phi) is 5.33. The molecule has 0 aliphatic heterocycles. The molecule has 5 nitrogen and oxygen atoms in total. The second kappa shape index (κ2) is 8.72. The first-order valence-corrected chi connectivity index (χ1v) is 13.8. The highest BCUT2D eigenvalue weighted by Crippen LogP contribution is 2.64. The van der Waals surface area contributed by atoms with Crippen molar-refractivity contribution in [2.24, 2.45) is 23.7 Å². The highest BCUT2D eigenvalue weighted by Gasteiger charge is 2.57. The Morgan fingerprint density at radius 1 is 0.917 bits per heavy atom. The Morgan fingerprint density at radius 2 is 1.64 bits per heavy atom. The molecule has 3 N–H and O–H groups in total. The molecule has 4 saturated carbocycles. The third-order valence-electron chi connectivity index (χ3n) is 9.80. The molecule has 2 aromatic carbocycles. The summed E-state index contributed by atoms with van der Waals surface area (Å²) < 4.78 is 0. The molecule has 2 aromatic heterocycles. The van der Waals surface area contributed by atoms with E-state index in [2.05, 4.69) is 81.1 Å². The third-order valence-corrected chi connectivity index (χ3v) is 9.80. The van der Waals surface area contributed by atoms with Gasteiger partial charge in [-0.25, -0.2) is 4.98 Å². The first-order chi connectivity index (χ1) is 17.7. The summed E-state index contributed by atoms with van der Waals surface area (Å²) in [7, 11) is 0. The Morgan fingerprint density at radius 3 is 2.39 bits per heavy atom. The zero-order valence-electron chi connectivity index (χ0n) is 20.8. The van der Waals surface area contributed by atoms with Gasteiger partial charge in [0.05, 0.1) is 0 Å². The van der Waals surface area contributed by atoms with Gasteiger partial charge in [-0.05, 0) is 96.8 Å². The number of nitrogens with zero attached hydrogens (tertiary/aromatic N) is 3. The Labute approximate surface area is 212 Å². The highest BCUT2D eigenvalue weighted by molar-refractivity contribution is 5.77. The first-order valence-electron chi connectivity index (χ1n) is 13.8. The number of aromatic nitrogens is 4. The topological polar surface area (TPSA) is 80.5 Å². The molecule has 8 rings (SSSR count). The lowest BCUT2D eigenvalue weighted by Crippen LogP contribution is -2.55.